The van der Waals surface area contributed by atoms with Crippen LogP contribution >= 0.6 is 0 Å². The normalized spacial score (nSPS) is 20.9. The highest BCUT2D eigenvalue weighted by atomic mass is 32.2. The van der Waals surface area contributed by atoms with Crippen LogP contribution in [-0.2, 0) is 9.84 Å². The lowest BCUT2D eigenvalue weighted by atomic mass is 9.99. The Morgan fingerprint density at radius 1 is 1.16 bits per heavy atom. The van der Waals surface area contributed by atoms with Crippen LogP contribution in [0.5, 0.6) is 0 Å². The summed E-state index contributed by atoms with van der Waals surface area (Å²) in [5.74, 6) is 1.07. The lowest BCUT2D eigenvalue weighted by molar-refractivity contribution is 0.380. The van der Waals surface area contributed by atoms with E-state index in [0.29, 0.717) is 11.7 Å². The largest absolute Gasteiger partial charge is 0.313 e. The molecule has 1 fully saturated rings. The number of sulfone groups is 1. The maximum Gasteiger partial charge on any atom is 0.154 e. The molecule has 2 unspecified atom stereocenters. The lowest BCUT2D eigenvalue weighted by Gasteiger charge is -2.27. The van der Waals surface area contributed by atoms with E-state index in [1.54, 1.807) is 0 Å². The molecule has 1 saturated carbocycles. The summed E-state index contributed by atoms with van der Waals surface area (Å²) in [6.45, 7) is 8.89. The zero-order chi connectivity index (χ0) is 14.5. The van der Waals surface area contributed by atoms with Crippen LogP contribution in [0.15, 0.2) is 0 Å². The average Bonchev–Trinajstić information content (AvgIpc) is 2.86. The molecule has 2 atom stereocenters. The van der Waals surface area contributed by atoms with Gasteiger partial charge in [-0.25, -0.2) is 8.42 Å². The van der Waals surface area contributed by atoms with Gasteiger partial charge in [0.05, 0.1) is 11.0 Å². The summed E-state index contributed by atoms with van der Waals surface area (Å²) in [6.07, 6.45) is 5.95. The van der Waals surface area contributed by atoms with Crippen molar-refractivity contribution in [2.75, 3.05) is 12.3 Å². The van der Waals surface area contributed by atoms with Gasteiger partial charge in [0.15, 0.2) is 9.84 Å². The van der Waals surface area contributed by atoms with E-state index in [2.05, 4.69) is 12.2 Å². The van der Waals surface area contributed by atoms with E-state index >= 15 is 0 Å². The summed E-state index contributed by atoms with van der Waals surface area (Å²) in [6, 6.07) is 0.161. The van der Waals surface area contributed by atoms with Gasteiger partial charge in [-0.05, 0) is 44.6 Å². The summed E-state index contributed by atoms with van der Waals surface area (Å²) < 4.78 is 24.9. The number of rotatable bonds is 8. The monoisotopic (exact) mass is 289 g/mol. The van der Waals surface area contributed by atoms with Crippen LogP contribution in [-0.4, -0.2) is 32.0 Å². The topological polar surface area (TPSA) is 46.2 Å². The molecule has 0 aromatic rings. The Labute approximate surface area is 119 Å². The Balaban J connectivity index is 2.70. The molecule has 19 heavy (non-hydrogen) atoms. The smallest absolute Gasteiger partial charge is 0.154 e. The minimum atomic E-state index is -2.99. The SMILES string of the molecule is CCCNC(CS(=O)(=O)C(C)C(C)C)C1CCCC1. The summed E-state index contributed by atoms with van der Waals surface area (Å²) >= 11 is 0. The third-order valence-corrected chi connectivity index (χ3v) is 7.04. The minimum Gasteiger partial charge on any atom is -0.313 e. The Kier molecular flexibility index (Phi) is 6.81. The van der Waals surface area contributed by atoms with E-state index < -0.39 is 9.84 Å². The van der Waals surface area contributed by atoms with Gasteiger partial charge in [0.25, 0.3) is 0 Å². The van der Waals surface area contributed by atoms with Crippen LogP contribution in [0.2, 0.25) is 0 Å². The molecule has 0 aromatic carbocycles. The van der Waals surface area contributed by atoms with Crippen LogP contribution in [0.25, 0.3) is 0 Å². The maximum absolute atomic E-state index is 12.5. The molecule has 4 heteroatoms. The highest BCUT2D eigenvalue weighted by Crippen LogP contribution is 2.29. The number of hydrogen-bond acceptors (Lipinski definition) is 3. The molecule has 0 aromatic heterocycles. The molecule has 0 amide bonds. The Morgan fingerprint density at radius 2 is 1.74 bits per heavy atom. The molecule has 0 bridgehead atoms. The Morgan fingerprint density at radius 3 is 2.21 bits per heavy atom. The van der Waals surface area contributed by atoms with Crippen molar-refractivity contribution in [1.82, 2.24) is 5.32 Å². The van der Waals surface area contributed by atoms with E-state index in [1.165, 1.54) is 25.7 Å². The number of hydrogen-bond donors (Lipinski definition) is 1. The first-order chi connectivity index (χ1) is 8.88. The molecule has 1 rings (SSSR count). The fraction of sp³-hybridized carbons (Fsp3) is 1.00. The minimum absolute atomic E-state index is 0.161. The molecule has 1 aliphatic carbocycles. The zero-order valence-corrected chi connectivity index (χ0v) is 13.8. The van der Waals surface area contributed by atoms with Crippen molar-refractivity contribution in [2.45, 2.75) is 71.1 Å². The third kappa shape index (κ3) is 5.07. The van der Waals surface area contributed by atoms with Gasteiger partial charge in [0.2, 0.25) is 0 Å². The van der Waals surface area contributed by atoms with Gasteiger partial charge in [-0.2, -0.15) is 0 Å². The summed E-state index contributed by atoms with van der Waals surface area (Å²) in [5, 5.41) is 3.25. The zero-order valence-electron chi connectivity index (χ0n) is 13.0. The molecule has 3 nitrogen and oxygen atoms in total. The van der Waals surface area contributed by atoms with Crippen molar-refractivity contribution >= 4 is 9.84 Å². The maximum atomic E-state index is 12.5. The fourth-order valence-corrected chi connectivity index (χ4v) is 4.89. The Bertz CT molecular complexity index is 345. The van der Waals surface area contributed by atoms with Gasteiger partial charge in [-0.15, -0.1) is 0 Å². The van der Waals surface area contributed by atoms with Gasteiger partial charge >= 0.3 is 0 Å². The first-order valence-electron chi connectivity index (χ1n) is 7.83. The van der Waals surface area contributed by atoms with Crippen molar-refractivity contribution in [2.24, 2.45) is 11.8 Å². The van der Waals surface area contributed by atoms with Gasteiger partial charge in [-0.1, -0.05) is 33.6 Å². The predicted octanol–water partition coefficient (Wildman–Crippen LogP) is 3.00. The van der Waals surface area contributed by atoms with Crippen LogP contribution in [0, 0.1) is 11.8 Å². The fourth-order valence-electron chi connectivity index (χ4n) is 2.87. The standard InChI is InChI=1S/C15H31NO2S/c1-5-10-16-15(14-8-6-7-9-14)11-19(17,18)13(4)12(2)3/h12-16H,5-11H2,1-4H3. The molecule has 114 valence electrons. The van der Waals surface area contributed by atoms with Gasteiger partial charge in [0, 0.05) is 6.04 Å². The summed E-state index contributed by atoms with van der Waals surface area (Å²) in [5.41, 5.74) is 0. The third-order valence-electron chi connectivity index (χ3n) is 4.54. The highest BCUT2D eigenvalue weighted by molar-refractivity contribution is 7.92. The van der Waals surface area contributed by atoms with Crippen LogP contribution in [0.1, 0.15) is 59.8 Å². The van der Waals surface area contributed by atoms with E-state index in [4.69, 9.17) is 0 Å². The molecule has 1 aliphatic rings. The second-order valence-corrected chi connectivity index (χ2v) is 8.79. The molecular formula is C15H31NO2S. The van der Waals surface area contributed by atoms with Gasteiger partial charge in [0.1, 0.15) is 0 Å². The van der Waals surface area contributed by atoms with Crippen molar-refractivity contribution in [3.05, 3.63) is 0 Å². The molecule has 0 heterocycles. The summed E-state index contributed by atoms with van der Waals surface area (Å²) in [4.78, 5) is 0. The van der Waals surface area contributed by atoms with E-state index in [9.17, 15) is 8.42 Å². The van der Waals surface area contributed by atoms with Gasteiger partial charge < -0.3 is 5.32 Å². The van der Waals surface area contributed by atoms with Gasteiger partial charge in [-0.3, -0.25) is 0 Å². The predicted molar refractivity (Wildman–Crippen MR) is 82.1 cm³/mol. The highest BCUT2D eigenvalue weighted by Gasteiger charge is 2.32. The molecule has 0 saturated heterocycles. The van der Waals surface area contributed by atoms with Crippen LogP contribution in [0.3, 0.4) is 0 Å². The summed E-state index contributed by atoms with van der Waals surface area (Å²) in [7, 11) is -2.99. The van der Waals surface area contributed by atoms with E-state index in [0.717, 1.165) is 13.0 Å². The van der Waals surface area contributed by atoms with Crippen molar-refractivity contribution in [1.29, 1.82) is 0 Å². The average molecular weight is 289 g/mol. The molecule has 1 N–H and O–H groups in total. The van der Waals surface area contributed by atoms with E-state index in [-0.39, 0.29) is 17.2 Å². The van der Waals surface area contributed by atoms with Crippen LogP contribution in [0.4, 0.5) is 0 Å². The van der Waals surface area contributed by atoms with Crippen molar-refractivity contribution < 1.29 is 8.42 Å². The molecule has 0 aliphatic heterocycles. The lowest BCUT2D eigenvalue weighted by Crippen LogP contribution is -2.43. The first-order valence-corrected chi connectivity index (χ1v) is 9.55. The second-order valence-electron chi connectivity index (χ2n) is 6.38. The molecule has 0 radical (unpaired) electrons. The molecule has 0 spiro atoms. The number of nitrogens with one attached hydrogen (secondary N) is 1. The van der Waals surface area contributed by atoms with Crippen LogP contribution < -0.4 is 5.32 Å². The quantitative estimate of drug-likeness (QED) is 0.747. The Hall–Kier alpha value is -0.0900. The molecular weight excluding hydrogens is 258 g/mol. The van der Waals surface area contributed by atoms with Crippen molar-refractivity contribution in [3.8, 4) is 0 Å². The van der Waals surface area contributed by atoms with Crippen molar-refractivity contribution in [3.63, 3.8) is 0 Å². The van der Waals surface area contributed by atoms with E-state index in [1.807, 2.05) is 20.8 Å². The first kappa shape index (κ1) is 17.0. The second kappa shape index (κ2) is 7.63.